The van der Waals surface area contributed by atoms with Gasteiger partial charge in [-0.2, -0.15) is 13.2 Å². The molecule has 2 heterocycles. The van der Waals surface area contributed by atoms with Crippen molar-refractivity contribution in [3.8, 4) is 0 Å². The van der Waals surface area contributed by atoms with Crippen LogP contribution in [0.1, 0.15) is 31.2 Å². The Morgan fingerprint density at radius 1 is 1.14 bits per heavy atom. The van der Waals surface area contributed by atoms with Crippen molar-refractivity contribution in [2.24, 2.45) is 0 Å². The summed E-state index contributed by atoms with van der Waals surface area (Å²) in [6, 6.07) is 4.07. The highest BCUT2D eigenvalue weighted by Gasteiger charge is 2.36. The molecule has 2 nitrogen and oxygen atoms in total. The van der Waals surface area contributed by atoms with Crippen LogP contribution < -0.4 is 5.32 Å². The fourth-order valence-electron chi connectivity index (χ4n) is 3.43. The van der Waals surface area contributed by atoms with Crippen LogP contribution in [0.15, 0.2) is 18.2 Å². The van der Waals surface area contributed by atoms with Gasteiger partial charge >= 0.3 is 6.18 Å². The molecule has 1 N–H and O–H groups in total. The second kappa shape index (κ2) is 5.69. The van der Waals surface area contributed by atoms with Crippen molar-refractivity contribution in [2.75, 3.05) is 18.4 Å². The van der Waals surface area contributed by atoms with Crippen LogP contribution in [-0.2, 0) is 6.18 Å². The van der Waals surface area contributed by atoms with Crippen molar-refractivity contribution in [2.45, 2.75) is 43.9 Å². The van der Waals surface area contributed by atoms with Gasteiger partial charge in [0.25, 0.3) is 0 Å². The van der Waals surface area contributed by atoms with Crippen LogP contribution >= 0.6 is 11.6 Å². The standard InChI is InChI=1S/C15H18ClF3N2/c16-11-5-4-10(15(17,18)19)9-13(11)20-12-6-8-21-7-2-1-3-14(12)21/h4-5,9,12,14,20H,1-3,6-8H2. The third-order valence-electron chi connectivity index (χ3n) is 4.49. The van der Waals surface area contributed by atoms with E-state index in [4.69, 9.17) is 11.6 Å². The lowest BCUT2D eigenvalue weighted by atomic mass is 9.98. The van der Waals surface area contributed by atoms with Crippen LogP contribution in [0.2, 0.25) is 5.02 Å². The van der Waals surface area contributed by atoms with E-state index >= 15 is 0 Å². The minimum Gasteiger partial charge on any atom is -0.379 e. The molecular weight excluding hydrogens is 301 g/mol. The summed E-state index contributed by atoms with van der Waals surface area (Å²) in [5, 5.41) is 3.59. The van der Waals surface area contributed by atoms with Gasteiger partial charge < -0.3 is 5.32 Å². The lowest BCUT2D eigenvalue weighted by Gasteiger charge is -2.33. The first-order valence-electron chi connectivity index (χ1n) is 7.32. The largest absolute Gasteiger partial charge is 0.416 e. The van der Waals surface area contributed by atoms with E-state index in [9.17, 15) is 13.2 Å². The number of alkyl halides is 3. The Kier molecular flexibility index (Phi) is 4.06. The molecule has 2 aliphatic heterocycles. The van der Waals surface area contributed by atoms with Crippen LogP contribution in [-0.4, -0.2) is 30.1 Å². The van der Waals surface area contributed by atoms with E-state index in [1.807, 2.05) is 0 Å². The van der Waals surface area contributed by atoms with E-state index in [0.29, 0.717) is 16.8 Å². The van der Waals surface area contributed by atoms with Crippen LogP contribution in [0.4, 0.5) is 18.9 Å². The summed E-state index contributed by atoms with van der Waals surface area (Å²) in [5.74, 6) is 0. The van der Waals surface area contributed by atoms with Gasteiger partial charge in [-0.05, 0) is 44.0 Å². The lowest BCUT2D eigenvalue weighted by Crippen LogP contribution is -2.41. The fourth-order valence-corrected chi connectivity index (χ4v) is 3.60. The predicted molar refractivity (Wildman–Crippen MR) is 77.7 cm³/mol. The van der Waals surface area contributed by atoms with Gasteiger partial charge in [0.15, 0.2) is 0 Å². The van der Waals surface area contributed by atoms with E-state index in [0.717, 1.165) is 38.1 Å². The Hall–Kier alpha value is -0.940. The molecule has 3 rings (SSSR count). The van der Waals surface area contributed by atoms with Gasteiger partial charge in [0.1, 0.15) is 0 Å². The molecule has 21 heavy (non-hydrogen) atoms. The number of nitrogens with one attached hydrogen (secondary N) is 1. The zero-order chi connectivity index (χ0) is 15.0. The summed E-state index contributed by atoms with van der Waals surface area (Å²) in [7, 11) is 0. The highest BCUT2D eigenvalue weighted by molar-refractivity contribution is 6.33. The Bertz CT molecular complexity index is 518. The van der Waals surface area contributed by atoms with Gasteiger partial charge in [0.2, 0.25) is 0 Å². The first kappa shape index (κ1) is 15.0. The van der Waals surface area contributed by atoms with Gasteiger partial charge in [0.05, 0.1) is 16.3 Å². The van der Waals surface area contributed by atoms with Gasteiger partial charge in [0, 0.05) is 18.6 Å². The third-order valence-corrected chi connectivity index (χ3v) is 4.82. The van der Waals surface area contributed by atoms with Crippen LogP contribution in [0.25, 0.3) is 0 Å². The number of nitrogens with zero attached hydrogens (tertiary/aromatic N) is 1. The molecule has 2 atom stereocenters. The first-order valence-corrected chi connectivity index (χ1v) is 7.70. The molecule has 0 saturated carbocycles. The number of hydrogen-bond acceptors (Lipinski definition) is 2. The number of piperidine rings is 1. The summed E-state index contributed by atoms with van der Waals surface area (Å²) in [4.78, 5) is 2.43. The van der Waals surface area contributed by atoms with E-state index < -0.39 is 11.7 Å². The number of halogens is 4. The number of hydrogen-bond donors (Lipinski definition) is 1. The Morgan fingerprint density at radius 2 is 1.95 bits per heavy atom. The first-order chi connectivity index (χ1) is 9.95. The molecule has 0 aliphatic carbocycles. The van der Waals surface area contributed by atoms with E-state index in [2.05, 4.69) is 10.2 Å². The number of fused-ring (bicyclic) bond motifs is 1. The zero-order valence-electron chi connectivity index (χ0n) is 11.6. The van der Waals surface area contributed by atoms with Crippen molar-refractivity contribution in [1.29, 1.82) is 0 Å². The van der Waals surface area contributed by atoms with Crippen molar-refractivity contribution in [3.05, 3.63) is 28.8 Å². The number of benzene rings is 1. The Morgan fingerprint density at radius 3 is 2.71 bits per heavy atom. The summed E-state index contributed by atoms with van der Waals surface area (Å²) >= 11 is 6.06. The van der Waals surface area contributed by atoms with Crippen molar-refractivity contribution in [1.82, 2.24) is 4.90 Å². The average Bonchev–Trinajstić information content (AvgIpc) is 2.83. The minimum atomic E-state index is -4.34. The molecule has 0 aromatic heterocycles. The normalized spacial score (nSPS) is 26.7. The van der Waals surface area contributed by atoms with E-state index in [1.165, 1.54) is 18.9 Å². The average molecular weight is 319 g/mol. The zero-order valence-corrected chi connectivity index (χ0v) is 12.3. The molecule has 1 aromatic carbocycles. The Balaban J connectivity index is 1.78. The SMILES string of the molecule is FC(F)(F)c1ccc(Cl)c(NC2CCN3CCCCC23)c1. The summed E-state index contributed by atoms with van der Waals surface area (Å²) in [6.45, 7) is 2.11. The van der Waals surface area contributed by atoms with Crippen molar-refractivity contribution < 1.29 is 13.2 Å². The van der Waals surface area contributed by atoms with Crippen LogP contribution in [0.5, 0.6) is 0 Å². The molecular formula is C15H18ClF3N2. The third kappa shape index (κ3) is 3.14. The molecule has 2 unspecified atom stereocenters. The maximum atomic E-state index is 12.8. The minimum absolute atomic E-state index is 0.186. The smallest absolute Gasteiger partial charge is 0.379 e. The van der Waals surface area contributed by atoms with Gasteiger partial charge in [-0.1, -0.05) is 18.0 Å². The topological polar surface area (TPSA) is 15.3 Å². The second-order valence-corrected chi connectivity index (χ2v) is 6.24. The molecule has 2 saturated heterocycles. The molecule has 1 aromatic rings. The maximum Gasteiger partial charge on any atom is 0.416 e. The Labute approximate surface area is 127 Å². The molecule has 0 spiro atoms. The molecule has 2 aliphatic rings. The molecule has 0 radical (unpaired) electrons. The quantitative estimate of drug-likeness (QED) is 0.869. The van der Waals surface area contributed by atoms with Crippen molar-refractivity contribution in [3.63, 3.8) is 0 Å². The molecule has 2 fully saturated rings. The van der Waals surface area contributed by atoms with Gasteiger partial charge in [-0.15, -0.1) is 0 Å². The predicted octanol–water partition coefficient (Wildman–Crippen LogP) is 4.40. The highest BCUT2D eigenvalue weighted by Crippen LogP contribution is 2.36. The highest BCUT2D eigenvalue weighted by atomic mass is 35.5. The molecule has 116 valence electrons. The monoisotopic (exact) mass is 318 g/mol. The fraction of sp³-hybridized carbons (Fsp3) is 0.600. The molecule has 6 heteroatoms. The maximum absolute atomic E-state index is 12.8. The van der Waals surface area contributed by atoms with E-state index in [1.54, 1.807) is 0 Å². The second-order valence-electron chi connectivity index (χ2n) is 5.83. The van der Waals surface area contributed by atoms with Crippen LogP contribution in [0, 0.1) is 0 Å². The summed E-state index contributed by atoms with van der Waals surface area (Å²) in [5.41, 5.74) is -0.267. The van der Waals surface area contributed by atoms with Gasteiger partial charge in [-0.3, -0.25) is 4.90 Å². The lowest BCUT2D eigenvalue weighted by molar-refractivity contribution is -0.137. The van der Waals surface area contributed by atoms with Crippen LogP contribution in [0.3, 0.4) is 0 Å². The number of anilines is 1. The van der Waals surface area contributed by atoms with Crippen molar-refractivity contribution >= 4 is 17.3 Å². The molecule has 0 amide bonds. The summed E-state index contributed by atoms with van der Waals surface area (Å²) < 4.78 is 38.4. The molecule has 0 bridgehead atoms. The van der Waals surface area contributed by atoms with E-state index in [-0.39, 0.29) is 6.04 Å². The van der Waals surface area contributed by atoms with Gasteiger partial charge in [-0.25, -0.2) is 0 Å². The summed E-state index contributed by atoms with van der Waals surface area (Å²) in [6.07, 6.45) is 0.127. The number of rotatable bonds is 2.